The van der Waals surface area contributed by atoms with E-state index in [1.54, 1.807) is 13.0 Å². The van der Waals surface area contributed by atoms with Gasteiger partial charge < -0.3 is 19.4 Å². The van der Waals surface area contributed by atoms with Gasteiger partial charge in [-0.05, 0) is 85.6 Å². The SMILES string of the molecule is Cc1ccc(C(F)(F)F)cc1C=C(CNC(=O)OCC1c2ccccc2-c2ccccc21)B1OC(C)(C)C(C)(C)O1. The van der Waals surface area contributed by atoms with Gasteiger partial charge in [0.05, 0.1) is 16.8 Å². The zero-order valence-electron chi connectivity index (χ0n) is 23.8. The summed E-state index contributed by atoms with van der Waals surface area (Å²) >= 11 is 0. The van der Waals surface area contributed by atoms with Gasteiger partial charge in [-0.15, -0.1) is 0 Å². The molecule has 1 amide bonds. The van der Waals surface area contributed by atoms with Crippen LogP contribution >= 0.6 is 0 Å². The Morgan fingerprint density at radius 2 is 1.51 bits per heavy atom. The summed E-state index contributed by atoms with van der Waals surface area (Å²) in [6, 6.07) is 19.7. The molecule has 2 aliphatic rings. The Balaban J connectivity index is 1.35. The molecule has 1 N–H and O–H groups in total. The minimum atomic E-state index is -4.49. The number of halogens is 3. The first-order valence-electron chi connectivity index (χ1n) is 13.6. The summed E-state index contributed by atoms with van der Waals surface area (Å²) in [7, 11) is -0.872. The number of alkyl carbamates (subject to hydrolysis) is 1. The molecule has 3 aromatic rings. The molecule has 0 radical (unpaired) electrons. The van der Waals surface area contributed by atoms with E-state index in [0.29, 0.717) is 16.6 Å². The fourth-order valence-electron chi connectivity index (χ4n) is 5.19. The fraction of sp³-hybridized carbons (Fsp3) is 0.344. The van der Waals surface area contributed by atoms with E-state index in [1.807, 2.05) is 64.1 Å². The lowest BCUT2D eigenvalue weighted by molar-refractivity contribution is -0.137. The molecule has 0 unspecified atom stereocenters. The Morgan fingerprint density at radius 1 is 0.951 bits per heavy atom. The fourth-order valence-corrected chi connectivity index (χ4v) is 5.19. The standard InChI is InChI=1S/C32H33BF3NO4/c1-20-14-15-22(32(34,35)36)16-21(20)17-23(33-40-30(2,3)31(4,5)41-33)18-37-29(38)39-19-28-26-12-8-6-10-24(26)25-11-7-9-13-27(25)28/h6-17,28H,18-19H2,1-5H3,(H,37,38). The highest BCUT2D eigenvalue weighted by Crippen LogP contribution is 2.44. The van der Waals surface area contributed by atoms with E-state index in [2.05, 4.69) is 17.4 Å². The van der Waals surface area contributed by atoms with E-state index in [4.69, 9.17) is 14.0 Å². The Bertz CT molecular complexity index is 1440. The Kier molecular flexibility index (Phi) is 7.55. The zero-order valence-corrected chi connectivity index (χ0v) is 23.8. The van der Waals surface area contributed by atoms with Crippen LogP contribution in [0.1, 0.15) is 61.4 Å². The third-order valence-corrected chi connectivity index (χ3v) is 8.28. The summed E-state index contributed by atoms with van der Waals surface area (Å²) in [5.41, 5.74) is 3.81. The lowest BCUT2D eigenvalue weighted by Gasteiger charge is -2.32. The van der Waals surface area contributed by atoms with Gasteiger partial charge in [-0.3, -0.25) is 0 Å². The van der Waals surface area contributed by atoms with Crippen molar-refractivity contribution in [3.63, 3.8) is 0 Å². The number of hydrogen-bond donors (Lipinski definition) is 1. The summed E-state index contributed by atoms with van der Waals surface area (Å²) in [6.45, 7) is 9.38. The van der Waals surface area contributed by atoms with Gasteiger partial charge in [0.25, 0.3) is 0 Å². The predicted octanol–water partition coefficient (Wildman–Crippen LogP) is 7.57. The van der Waals surface area contributed by atoms with Crippen LogP contribution in [0, 0.1) is 6.92 Å². The summed E-state index contributed by atoms with van der Waals surface area (Å²) in [5.74, 6) is -0.0981. The van der Waals surface area contributed by atoms with Gasteiger partial charge in [0.1, 0.15) is 6.61 Å². The van der Waals surface area contributed by atoms with Crippen molar-refractivity contribution < 1.29 is 32.0 Å². The predicted molar refractivity (Wildman–Crippen MR) is 153 cm³/mol. The molecule has 0 saturated carbocycles. The maximum atomic E-state index is 13.4. The van der Waals surface area contributed by atoms with Crippen LogP contribution in [0.5, 0.6) is 0 Å². The van der Waals surface area contributed by atoms with Crippen LogP contribution in [0.3, 0.4) is 0 Å². The van der Waals surface area contributed by atoms with Crippen LogP contribution in [-0.2, 0) is 20.2 Å². The summed E-state index contributed by atoms with van der Waals surface area (Å²) in [6.07, 6.45) is -3.54. The molecule has 1 fully saturated rings. The van der Waals surface area contributed by atoms with Crippen molar-refractivity contribution in [3.05, 3.63) is 100 Å². The minimum Gasteiger partial charge on any atom is -0.449 e. The van der Waals surface area contributed by atoms with E-state index in [0.717, 1.165) is 34.4 Å². The average Bonchev–Trinajstić information content (AvgIpc) is 3.34. The zero-order chi connectivity index (χ0) is 29.6. The topological polar surface area (TPSA) is 56.8 Å². The van der Waals surface area contributed by atoms with E-state index in [1.165, 1.54) is 6.07 Å². The molecular formula is C32H33BF3NO4. The number of alkyl halides is 3. The van der Waals surface area contributed by atoms with Crippen LogP contribution in [0.2, 0.25) is 0 Å². The molecule has 1 saturated heterocycles. The van der Waals surface area contributed by atoms with Crippen molar-refractivity contribution in [2.45, 2.75) is 57.9 Å². The minimum absolute atomic E-state index is 0.0385. The molecular weight excluding hydrogens is 530 g/mol. The molecule has 41 heavy (non-hydrogen) atoms. The molecule has 9 heteroatoms. The molecule has 3 aromatic carbocycles. The molecule has 0 aromatic heterocycles. The second kappa shape index (κ2) is 10.7. The molecule has 1 aliphatic carbocycles. The number of nitrogens with one attached hydrogen (secondary N) is 1. The third kappa shape index (κ3) is 5.79. The van der Waals surface area contributed by atoms with Crippen molar-refractivity contribution >= 4 is 19.3 Å². The third-order valence-electron chi connectivity index (χ3n) is 8.28. The average molecular weight is 563 g/mol. The summed E-state index contributed by atoms with van der Waals surface area (Å²) in [4.78, 5) is 12.9. The smallest absolute Gasteiger partial charge is 0.449 e. The number of amides is 1. The number of benzene rings is 3. The highest BCUT2D eigenvalue weighted by Gasteiger charge is 2.52. The monoisotopic (exact) mass is 563 g/mol. The van der Waals surface area contributed by atoms with E-state index in [-0.39, 0.29) is 19.1 Å². The van der Waals surface area contributed by atoms with E-state index >= 15 is 0 Å². The summed E-state index contributed by atoms with van der Waals surface area (Å²) < 4.78 is 58.4. The Labute approximate surface area is 238 Å². The lowest BCUT2D eigenvalue weighted by atomic mass is 9.76. The molecule has 1 heterocycles. The number of carbonyl (C=O) groups excluding carboxylic acids is 1. The molecule has 5 nitrogen and oxygen atoms in total. The molecule has 0 spiro atoms. The van der Waals surface area contributed by atoms with Crippen molar-refractivity contribution in [2.24, 2.45) is 0 Å². The van der Waals surface area contributed by atoms with Gasteiger partial charge in [0.2, 0.25) is 0 Å². The first-order chi connectivity index (χ1) is 19.3. The number of rotatable bonds is 6. The molecule has 5 rings (SSSR count). The van der Waals surface area contributed by atoms with Crippen molar-refractivity contribution in [1.82, 2.24) is 5.32 Å². The van der Waals surface area contributed by atoms with Crippen LogP contribution in [0.25, 0.3) is 17.2 Å². The molecule has 214 valence electrons. The number of hydrogen-bond acceptors (Lipinski definition) is 4. The first kappa shape index (κ1) is 29.0. The van der Waals surface area contributed by atoms with Crippen molar-refractivity contribution in [3.8, 4) is 11.1 Å². The van der Waals surface area contributed by atoms with Crippen molar-refractivity contribution in [1.29, 1.82) is 0 Å². The van der Waals surface area contributed by atoms with Gasteiger partial charge in [0.15, 0.2) is 0 Å². The van der Waals surface area contributed by atoms with Crippen LogP contribution in [-0.4, -0.2) is 37.6 Å². The van der Waals surface area contributed by atoms with Crippen LogP contribution in [0.15, 0.2) is 72.2 Å². The second-order valence-corrected chi connectivity index (χ2v) is 11.6. The maximum Gasteiger partial charge on any atom is 0.492 e. The Hall–Kier alpha value is -3.56. The summed E-state index contributed by atoms with van der Waals surface area (Å²) in [5, 5.41) is 2.76. The maximum absolute atomic E-state index is 13.4. The lowest BCUT2D eigenvalue weighted by Crippen LogP contribution is -2.41. The van der Waals surface area contributed by atoms with Gasteiger partial charge in [-0.25, -0.2) is 4.79 Å². The van der Waals surface area contributed by atoms with Crippen LogP contribution in [0.4, 0.5) is 18.0 Å². The van der Waals surface area contributed by atoms with Gasteiger partial charge in [0, 0.05) is 12.5 Å². The normalized spacial score (nSPS) is 17.8. The second-order valence-electron chi connectivity index (χ2n) is 11.6. The van der Waals surface area contributed by atoms with Crippen LogP contribution < -0.4 is 5.32 Å². The molecule has 0 atom stereocenters. The Morgan fingerprint density at radius 3 is 2.07 bits per heavy atom. The highest BCUT2D eigenvalue weighted by molar-refractivity contribution is 6.56. The number of carbonyl (C=O) groups is 1. The quantitative estimate of drug-likeness (QED) is 0.315. The van der Waals surface area contributed by atoms with E-state index < -0.39 is 36.2 Å². The molecule has 0 bridgehead atoms. The van der Waals surface area contributed by atoms with E-state index in [9.17, 15) is 18.0 Å². The van der Waals surface area contributed by atoms with Crippen molar-refractivity contribution in [2.75, 3.05) is 13.2 Å². The highest BCUT2D eigenvalue weighted by atomic mass is 19.4. The number of aryl methyl sites for hydroxylation is 1. The van der Waals surface area contributed by atoms with Gasteiger partial charge >= 0.3 is 19.4 Å². The van der Waals surface area contributed by atoms with Gasteiger partial charge in [-0.1, -0.05) is 60.7 Å². The van der Waals surface area contributed by atoms with Gasteiger partial charge in [-0.2, -0.15) is 13.2 Å². The first-order valence-corrected chi connectivity index (χ1v) is 13.6. The number of ether oxygens (including phenoxy) is 1. The largest absolute Gasteiger partial charge is 0.492 e. The molecule has 1 aliphatic heterocycles. The number of fused-ring (bicyclic) bond motifs is 3.